The molecule has 3 aromatic rings. The van der Waals surface area contributed by atoms with Crippen LogP contribution in [-0.2, 0) is 18.3 Å². The number of para-hydroxylation sites is 2. The zero-order valence-electron chi connectivity index (χ0n) is 21.7. The minimum absolute atomic E-state index is 0.174. The van der Waals surface area contributed by atoms with Crippen LogP contribution in [0.5, 0.6) is 0 Å². The van der Waals surface area contributed by atoms with E-state index in [1.807, 2.05) is 18.2 Å². The second-order valence-electron chi connectivity index (χ2n) is 10.8. The number of unbranched alkanes of at least 4 members (excludes halogenated alkanes) is 4. The molecular formula is C30H42FN3O. The van der Waals surface area contributed by atoms with Gasteiger partial charge in [-0.15, -0.1) is 0 Å². The molecule has 0 fully saturated rings. The van der Waals surface area contributed by atoms with Crippen LogP contribution in [0.3, 0.4) is 0 Å². The third-order valence-corrected chi connectivity index (χ3v) is 8.18. The third kappa shape index (κ3) is 5.95. The lowest BCUT2D eigenvalue weighted by Gasteiger charge is -2.47. The first kappa shape index (κ1) is 25.8. The summed E-state index contributed by atoms with van der Waals surface area (Å²) in [5, 5.41) is 11.1. The Morgan fingerprint density at radius 3 is 2.66 bits per heavy atom. The Hall–Kier alpha value is -2.24. The van der Waals surface area contributed by atoms with Gasteiger partial charge in [0.2, 0.25) is 0 Å². The Bertz CT molecular complexity index is 1060. The van der Waals surface area contributed by atoms with Crippen LogP contribution in [0.2, 0.25) is 0 Å². The van der Waals surface area contributed by atoms with Gasteiger partial charge in [-0.2, -0.15) is 0 Å². The molecule has 2 atom stereocenters. The maximum atomic E-state index is 13.9. The number of hydrogen-bond acceptors (Lipinski definition) is 3. The molecule has 0 radical (unpaired) electrons. The lowest BCUT2D eigenvalue weighted by Crippen LogP contribution is -2.49. The van der Waals surface area contributed by atoms with Gasteiger partial charge in [0.15, 0.2) is 0 Å². The molecule has 1 aliphatic carbocycles. The van der Waals surface area contributed by atoms with E-state index >= 15 is 0 Å². The minimum atomic E-state index is -0.374. The number of nitrogens with zero attached hydrogens (tertiary/aromatic N) is 2. The predicted octanol–water partition coefficient (Wildman–Crippen LogP) is 6.42. The minimum Gasteiger partial charge on any atom is -0.392 e. The van der Waals surface area contributed by atoms with Crippen LogP contribution in [0.1, 0.15) is 75.7 Å². The van der Waals surface area contributed by atoms with Gasteiger partial charge in [-0.1, -0.05) is 51.3 Å². The van der Waals surface area contributed by atoms with E-state index in [0.29, 0.717) is 12.3 Å². The van der Waals surface area contributed by atoms with E-state index in [1.165, 1.54) is 32.1 Å². The van der Waals surface area contributed by atoms with Crippen LogP contribution < -0.4 is 0 Å². The number of rotatable bonds is 12. The van der Waals surface area contributed by atoms with Crippen molar-refractivity contribution in [2.45, 2.75) is 83.2 Å². The highest BCUT2D eigenvalue weighted by atomic mass is 19.1. The molecule has 2 unspecified atom stereocenters. The number of halogens is 1. The number of aliphatic hydroxyl groups excluding tert-OH is 1. The molecule has 190 valence electrons. The lowest BCUT2D eigenvalue weighted by molar-refractivity contribution is 0.0231. The van der Waals surface area contributed by atoms with Gasteiger partial charge in [0.25, 0.3) is 0 Å². The van der Waals surface area contributed by atoms with Crippen LogP contribution in [0.4, 0.5) is 4.39 Å². The first-order valence-corrected chi connectivity index (χ1v) is 13.5. The summed E-state index contributed by atoms with van der Waals surface area (Å²) in [5.74, 6) is 1.22. The van der Waals surface area contributed by atoms with Gasteiger partial charge in [0.1, 0.15) is 11.6 Å². The van der Waals surface area contributed by atoms with Gasteiger partial charge in [0.05, 0.1) is 17.1 Å². The quantitative estimate of drug-likeness (QED) is 0.295. The highest BCUT2D eigenvalue weighted by molar-refractivity contribution is 5.74. The number of aliphatic hydroxyl groups is 1. The molecule has 5 heteroatoms. The molecule has 1 aliphatic rings. The molecule has 0 aliphatic heterocycles. The fraction of sp³-hybridized carbons (Fsp3) is 0.567. The fourth-order valence-corrected chi connectivity index (χ4v) is 6.05. The smallest absolute Gasteiger partial charge is 0.123 e. The molecule has 2 aromatic carbocycles. The number of H-pyrrole nitrogens is 1. The number of aromatic nitrogens is 2. The van der Waals surface area contributed by atoms with Crippen molar-refractivity contribution in [2.24, 2.45) is 5.92 Å². The summed E-state index contributed by atoms with van der Waals surface area (Å²) in [6, 6.07) is 13.4. The lowest BCUT2D eigenvalue weighted by atomic mass is 9.60. The van der Waals surface area contributed by atoms with Crippen molar-refractivity contribution < 1.29 is 9.50 Å². The Morgan fingerprint density at radius 2 is 1.86 bits per heavy atom. The topological polar surface area (TPSA) is 52.2 Å². The van der Waals surface area contributed by atoms with E-state index in [9.17, 15) is 9.50 Å². The molecule has 0 saturated heterocycles. The second kappa shape index (κ2) is 11.7. The van der Waals surface area contributed by atoms with E-state index in [1.54, 1.807) is 12.1 Å². The highest BCUT2D eigenvalue weighted by Gasteiger charge is 2.45. The van der Waals surface area contributed by atoms with Crippen LogP contribution in [0.25, 0.3) is 11.0 Å². The summed E-state index contributed by atoms with van der Waals surface area (Å²) in [6.45, 7) is 6.42. The monoisotopic (exact) mass is 479 g/mol. The van der Waals surface area contributed by atoms with Crippen molar-refractivity contribution >= 4 is 11.0 Å². The molecule has 4 nitrogen and oxygen atoms in total. The molecule has 1 aromatic heterocycles. The van der Waals surface area contributed by atoms with Gasteiger partial charge in [-0.05, 0) is 93.6 Å². The molecule has 35 heavy (non-hydrogen) atoms. The number of aryl methyl sites for hydroxylation is 2. The average Bonchev–Trinajstić information content (AvgIpc) is 3.25. The molecule has 0 amide bonds. The number of imidazole rings is 1. The summed E-state index contributed by atoms with van der Waals surface area (Å²) in [7, 11) is 2.19. The summed E-state index contributed by atoms with van der Waals surface area (Å²) in [4.78, 5) is 10.5. The van der Waals surface area contributed by atoms with Gasteiger partial charge >= 0.3 is 0 Å². The highest BCUT2D eigenvalue weighted by Crippen LogP contribution is 2.46. The molecule has 0 spiro atoms. The van der Waals surface area contributed by atoms with Crippen molar-refractivity contribution in [3.05, 3.63) is 65.2 Å². The molecular weight excluding hydrogens is 437 g/mol. The van der Waals surface area contributed by atoms with Crippen LogP contribution in [0, 0.1) is 11.7 Å². The van der Waals surface area contributed by atoms with Crippen molar-refractivity contribution in [3.8, 4) is 0 Å². The zero-order valence-corrected chi connectivity index (χ0v) is 21.7. The average molecular weight is 480 g/mol. The Balaban J connectivity index is 1.19. The SMILES string of the molecule is CC(C)C1(CCN(C)CCCCCCCc2nc3ccccc3[nH]2)c2ccc(F)cc2CCC1O. The van der Waals surface area contributed by atoms with Crippen LogP contribution in [-0.4, -0.2) is 46.2 Å². The van der Waals surface area contributed by atoms with E-state index in [0.717, 1.165) is 60.3 Å². The van der Waals surface area contributed by atoms with Gasteiger partial charge < -0.3 is 15.0 Å². The molecule has 4 rings (SSSR count). The maximum absolute atomic E-state index is 13.9. The Morgan fingerprint density at radius 1 is 1.09 bits per heavy atom. The third-order valence-electron chi connectivity index (χ3n) is 8.18. The van der Waals surface area contributed by atoms with Gasteiger partial charge in [0, 0.05) is 11.8 Å². The number of nitrogens with one attached hydrogen (secondary N) is 1. The van der Waals surface area contributed by atoms with E-state index in [-0.39, 0.29) is 17.3 Å². The van der Waals surface area contributed by atoms with E-state index < -0.39 is 0 Å². The maximum Gasteiger partial charge on any atom is 0.123 e. The van der Waals surface area contributed by atoms with Gasteiger partial charge in [-0.25, -0.2) is 9.37 Å². The Kier molecular flexibility index (Phi) is 8.61. The molecule has 0 bridgehead atoms. The first-order valence-electron chi connectivity index (χ1n) is 13.5. The molecule has 1 heterocycles. The summed E-state index contributed by atoms with van der Waals surface area (Å²) >= 11 is 0. The summed E-state index contributed by atoms with van der Waals surface area (Å²) < 4.78 is 13.9. The summed E-state index contributed by atoms with van der Waals surface area (Å²) in [5.41, 5.74) is 4.12. The fourth-order valence-electron chi connectivity index (χ4n) is 6.05. The van der Waals surface area contributed by atoms with Crippen molar-refractivity contribution in [3.63, 3.8) is 0 Å². The van der Waals surface area contributed by atoms with Crippen molar-refractivity contribution in [2.75, 3.05) is 20.1 Å². The first-order chi connectivity index (χ1) is 16.9. The van der Waals surface area contributed by atoms with Crippen molar-refractivity contribution in [1.29, 1.82) is 0 Å². The number of hydrogen-bond donors (Lipinski definition) is 2. The van der Waals surface area contributed by atoms with Gasteiger partial charge in [-0.3, -0.25) is 0 Å². The number of benzene rings is 2. The molecule has 2 N–H and O–H groups in total. The Labute approximate surface area is 210 Å². The zero-order chi connectivity index (χ0) is 24.8. The van der Waals surface area contributed by atoms with E-state index in [2.05, 4.69) is 47.9 Å². The molecule has 0 saturated carbocycles. The van der Waals surface area contributed by atoms with Crippen LogP contribution >= 0.6 is 0 Å². The number of aromatic amines is 1. The normalized spacial score (nSPS) is 20.1. The van der Waals surface area contributed by atoms with Crippen LogP contribution in [0.15, 0.2) is 42.5 Å². The van der Waals surface area contributed by atoms with E-state index in [4.69, 9.17) is 0 Å². The summed E-state index contributed by atoms with van der Waals surface area (Å²) in [6.07, 6.45) is 9.10. The standard InChI is InChI=1S/C30H42FN3O/c1-22(2)30(25-16-15-24(31)21-23(25)14-17-28(30)35)18-20-34(3)19-10-6-4-5-7-13-29-32-26-11-8-9-12-27(26)33-29/h8-9,11-12,15-16,21-22,28,35H,4-7,10,13-14,17-20H2,1-3H3,(H,32,33). The largest absolute Gasteiger partial charge is 0.392 e. The predicted molar refractivity (Wildman–Crippen MR) is 142 cm³/mol. The number of fused-ring (bicyclic) bond motifs is 2. The van der Waals surface area contributed by atoms with Crippen molar-refractivity contribution in [1.82, 2.24) is 14.9 Å². The second-order valence-corrected chi connectivity index (χ2v) is 10.8.